The quantitative estimate of drug-likeness (QED) is 0.726. The number of aliphatic hydroxyl groups is 1. The molecule has 0 aliphatic heterocycles. The van der Waals surface area contributed by atoms with Gasteiger partial charge in [0.05, 0.1) is 18.0 Å². The van der Waals surface area contributed by atoms with Gasteiger partial charge in [-0.05, 0) is 18.9 Å². The molecule has 1 atom stereocenters. The molecular formula is C11H20N2O2. The van der Waals surface area contributed by atoms with E-state index in [1.807, 2.05) is 27.0 Å². The minimum Gasteiger partial charge on any atom is -0.384 e. The summed E-state index contributed by atoms with van der Waals surface area (Å²) in [6.45, 7) is 5.13. The summed E-state index contributed by atoms with van der Waals surface area (Å²) in [7, 11) is 1.84. The van der Waals surface area contributed by atoms with Crippen molar-refractivity contribution in [1.82, 2.24) is 9.78 Å². The van der Waals surface area contributed by atoms with E-state index >= 15 is 0 Å². The molecule has 4 heteroatoms. The number of hydrogen-bond donors (Lipinski definition) is 1. The summed E-state index contributed by atoms with van der Waals surface area (Å²) in [4.78, 5) is 0. The Morgan fingerprint density at radius 2 is 2.27 bits per heavy atom. The Morgan fingerprint density at radius 3 is 2.80 bits per heavy atom. The maximum absolute atomic E-state index is 9.85. The largest absolute Gasteiger partial charge is 0.384 e. The third-order valence-electron chi connectivity index (χ3n) is 2.29. The van der Waals surface area contributed by atoms with Crippen LogP contribution < -0.4 is 0 Å². The highest BCUT2D eigenvalue weighted by atomic mass is 16.5. The summed E-state index contributed by atoms with van der Waals surface area (Å²) in [6, 6.07) is 1.93. The normalized spacial score (nSPS) is 13.1. The molecule has 1 rings (SSSR count). The molecule has 0 amide bonds. The van der Waals surface area contributed by atoms with Crippen molar-refractivity contribution in [2.24, 2.45) is 7.05 Å². The third-order valence-corrected chi connectivity index (χ3v) is 2.29. The molecule has 1 N–H and O–H groups in total. The minimum atomic E-state index is -0.575. The molecule has 15 heavy (non-hydrogen) atoms. The van der Waals surface area contributed by atoms with Crippen LogP contribution in [0.3, 0.4) is 0 Å². The molecule has 0 radical (unpaired) electrons. The van der Waals surface area contributed by atoms with E-state index in [1.165, 1.54) is 0 Å². The first-order valence-electron chi connectivity index (χ1n) is 5.47. The fourth-order valence-corrected chi connectivity index (χ4v) is 1.45. The highest BCUT2D eigenvalue weighted by Crippen LogP contribution is 2.14. The highest BCUT2D eigenvalue weighted by Gasteiger charge is 2.13. The third kappa shape index (κ3) is 3.32. The van der Waals surface area contributed by atoms with Crippen molar-refractivity contribution in [3.8, 4) is 0 Å². The number of aromatic nitrogens is 2. The summed E-state index contributed by atoms with van der Waals surface area (Å²) in [6.07, 6.45) is 1.28. The van der Waals surface area contributed by atoms with Crippen molar-refractivity contribution in [3.05, 3.63) is 17.5 Å². The smallest absolute Gasteiger partial charge is 0.119 e. The lowest BCUT2D eigenvalue weighted by atomic mass is 10.2. The lowest BCUT2D eigenvalue weighted by Crippen LogP contribution is -2.11. The highest BCUT2D eigenvalue weighted by molar-refractivity contribution is 5.12. The Kier molecular flexibility index (Phi) is 4.78. The van der Waals surface area contributed by atoms with E-state index in [9.17, 15) is 5.11 Å². The topological polar surface area (TPSA) is 47.3 Å². The molecule has 0 spiro atoms. The van der Waals surface area contributed by atoms with Crippen LogP contribution in [0.1, 0.15) is 37.8 Å². The van der Waals surface area contributed by atoms with Crippen molar-refractivity contribution in [2.75, 3.05) is 13.2 Å². The Balaban J connectivity index is 2.56. The fourth-order valence-electron chi connectivity index (χ4n) is 1.45. The van der Waals surface area contributed by atoms with Gasteiger partial charge in [0.1, 0.15) is 6.10 Å². The second-order valence-electron chi connectivity index (χ2n) is 3.63. The van der Waals surface area contributed by atoms with Crippen molar-refractivity contribution in [3.63, 3.8) is 0 Å². The maximum Gasteiger partial charge on any atom is 0.119 e. The van der Waals surface area contributed by atoms with Gasteiger partial charge in [-0.1, -0.05) is 13.8 Å². The molecule has 1 aromatic heterocycles. The molecule has 1 aromatic rings. The van der Waals surface area contributed by atoms with Crippen LogP contribution in [0.4, 0.5) is 0 Å². The molecule has 0 aliphatic carbocycles. The van der Waals surface area contributed by atoms with Gasteiger partial charge >= 0.3 is 0 Å². The molecule has 4 nitrogen and oxygen atoms in total. The predicted molar refractivity (Wildman–Crippen MR) is 58.7 cm³/mol. The van der Waals surface area contributed by atoms with Gasteiger partial charge in [0, 0.05) is 13.7 Å². The Hall–Kier alpha value is -0.870. The summed E-state index contributed by atoms with van der Waals surface area (Å²) in [5, 5.41) is 14.1. The van der Waals surface area contributed by atoms with E-state index < -0.39 is 6.10 Å². The van der Waals surface area contributed by atoms with Crippen LogP contribution in [-0.2, 0) is 18.2 Å². The van der Waals surface area contributed by atoms with Crippen molar-refractivity contribution >= 4 is 0 Å². The fraction of sp³-hybridized carbons (Fsp3) is 0.727. The van der Waals surface area contributed by atoms with Gasteiger partial charge in [0.25, 0.3) is 0 Å². The van der Waals surface area contributed by atoms with Crippen LogP contribution in [0.15, 0.2) is 6.07 Å². The maximum atomic E-state index is 9.85. The number of nitrogens with zero attached hydrogens (tertiary/aromatic N) is 2. The molecule has 0 aromatic carbocycles. The first-order chi connectivity index (χ1) is 7.19. The average Bonchev–Trinajstić information content (AvgIpc) is 2.60. The molecule has 0 bridgehead atoms. The van der Waals surface area contributed by atoms with E-state index in [1.54, 1.807) is 4.68 Å². The molecule has 0 saturated carbocycles. The van der Waals surface area contributed by atoms with Crippen LogP contribution in [0.2, 0.25) is 0 Å². The second-order valence-corrected chi connectivity index (χ2v) is 3.63. The monoisotopic (exact) mass is 212 g/mol. The van der Waals surface area contributed by atoms with E-state index in [-0.39, 0.29) is 0 Å². The standard InChI is InChI=1S/C11H20N2O2/c1-4-6-15-8-11(14)10-7-9(5-2)12-13(10)3/h7,11,14H,4-6,8H2,1-3H3. The number of hydrogen-bond acceptors (Lipinski definition) is 3. The molecule has 0 aliphatic rings. The average molecular weight is 212 g/mol. The molecule has 1 unspecified atom stereocenters. The molecule has 86 valence electrons. The second kappa shape index (κ2) is 5.88. The summed E-state index contributed by atoms with van der Waals surface area (Å²) in [5.74, 6) is 0. The number of ether oxygens (including phenoxy) is 1. The first kappa shape index (κ1) is 12.2. The van der Waals surface area contributed by atoms with Gasteiger partial charge in [-0.3, -0.25) is 4.68 Å². The van der Waals surface area contributed by atoms with E-state index in [2.05, 4.69) is 5.10 Å². The number of aliphatic hydroxyl groups excluding tert-OH is 1. The van der Waals surface area contributed by atoms with Crippen LogP contribution in [0, 0.1) is 0 Å². The van der Waals surface area contributed by atoms with Crippen molar-refractivity contribution < 1.29 is 9.84 Å². The molecule has 1 heterocycles. The SMILES string of the molecule is CCCOCC(O)c1cc(CC)nn1C. The van der Waals surface area contributed by atoms with E-state index in [4.69, 9.17) is 4.74 Å². The van der Waals surface area contributed by atoms with Crippen molar-refractivity contribution in [2.45, 2.75) is 32.8 Å². The molecule has 0 fully saturated rings. The van der Waals surface area contributed by atoms with E-state index in [0.29, 0.717) is 13.2 Å². The summed E-state index contributed by atoms with van der Waals surface area (Å²) < 4.78 is 7.03. The zero-order valence-corrected chi connectivity index (χ0v) is 9.73. The predicted octanol–water partition coefficient (Wildman–Crippen LogP) is 1.44. The van der Waals surface area contributed by atoms with Gasteiger partial charge in [0.15, 0.2) is 0 Å². The van der Waals surface area contributed by atoms with Crippen LogP contribution in [0.25, 0.3) is 0 Å². The van der Waals surface area contributed by atoms with Gasteiger partial charge in [-0.2, -0.15) is 5.10 Å². The lowest BCUT2D eigenvalue weighted by molar-refractivity contribution is 0.0323. The van der Waals surface area contributed by atoms with Crippen molar-refractivity contribution in [1.29, 1.82) is 0 Å². The molecular weight excluding hydrogens is 192 g/mol. The summed E-state index contributed by atoms with van der Waals surface area (Å²) in [5.41, 5.74) is 1.82. The first-order valence-corrected chi connectivity index (χ1v) is 5.47. The van der Waals surface area contributed by atoms with Gasteiger partial charge < -0.3 is 9.84 Å². The lowest BCUT2D eigenvalue weighted by Gasteiger charge is -2.10. The Morgan fingerprint density at radius 1 is 1.53 bits per heavy atom. The van der Waals surface area contributed by atoms with Crippen LogP contribution in [-0.4, -0.2) is 28.1 Å². The van der Waals surface area contributed by atoms with E-state index in [0.717, 1.165) is 24.2 Å². The number of aryl methyl sites for hydroxylation is 2. The van der Waals surface area contributed by atoms with Gasteiger partial charge in [0.2, 0.25) is 0 Å². The Bertz CT molecular complexity index is 297. The van der Waals surface area contributed by atoms with Gasteiger partial charge in [-0.25, -0.2) is 0 Å². The molecule has 0 saturated heterocycles. The minimum absolute atomic E-state index is 0.344. The zero-order chi connectivity index (χ0) is 11.3. The van der Waals surface area contributed by atoms with Crippen LogP contribution in [0.5, 0.6) is 0 Å². The van der Waals surface area contributed by atoms with Gasteiger partial charge in [-0.15, -0.1) is 0 Å². The van der Waals surface area contributed by atoms with Crippen LogP contribution >= 0.6 is 0 Å². The number of rotatable bonds is 6. The zero-order valence-electron chi connectivity index (χ0n) is 9.73. The summed E-state index contributed by atoms with van der Waals surface area (Å²) >= 11 is 0. The Labute approximate surface area is 90.9 Å².